The Labute approximate surface area is 76.5 Å². The quantitative estimate of drug-likeness (QED) is 0.677. The van der Waals surface area contributed by atoms with Gasteiger partial charge in [-0.1, -0.05) is 5.21 Å². The van der Waals surface area contributed by atoms with E-state index in [1.165, 1.54) is 4.90 Å². The molecule has 2 amide bonds. The zero-order valence-corrected chi connectivity index (χ0v) is 7.98. The molecule has 0 aliphatic rings. The third-order valence-corrected chi connectivity index (χ3v) is 1.48. The van der Waals surface area contributed by atoms with E-state index < -0.39 is 0 Å². The maximum Gasteiger partial charge on any atom is 0.317 e. The van der Waals surface area contributed by atoms with Gasteiger partial charge in [0.25, 0.3) is 0 Å². The van der Waals surface area contributed by atoms with Crippen molar-refractivity contribution in [2.75, 3.05) is 14.1 Å². The second-order valence-electron chi connectivity index (χ2n) is 2.94. The number of amides is 2. The molecule has 0 atom stereocenters. The molecular formula is C7H13N5O. The number of hydrogen-bond donors (Lipinski definition) is 1. The van der Waals surface area contributed by atoms with Gasteiger partial charge in [-0.15, -0.1) is 5.10 Å². The first-order valence-corrected chi connectivity index (χ1v) is 3.90. The van der Waals surface area contributed by atoms with Crippen LogP contribution in [0.3, 0.4) is 0 Å². The van der Waals surface area contributed by atoms with Crippen LogP contribution < -0.4 is 5.32 Å². The molecule has 6 nitrogen and oxygen atoms in total. The Morgan fingerprint density at radius 1 is 1.69 bits per heavy atom. The lowest BCUT2D eigenvalue weighted by molar-refractivity contribution is 0.217. The van der Waals surface area contributed by atoms with Gasteiger partial charge in [0, 0.05) is 27.3 Å². The van der Waals surface area contributed by atoms with Gasteiger partial charge < -0.3 is 10.2 Å². The minimum absolute atomic E-state index is 0.134. The van der Waals surface area contributed by atoms with E-state index in [1.807, 2.05) is 0 Å². The maximum atomic E-state index is 11.1. The molecule has 72 valence electrons. The Morgan fingerprint density at radius 3 is 2.85 bits per heavy atom. The molecule has 0 saturated carbocycles. The molecule has 6 heteroatoms. The van der Waals surface area contributed by atoms with Crippen molar-refractivity contribution in [3.05, 3.63) is 11.9 Å². The molecule has 0 aliphatic carbocycles. The van der Waals surface area contributed by atoms with Gasteiger partial charge in [0.15, 0.2) is 0 Å². The summed E-state index contributed by atoms with van der Waals surface area (Å²) in [5, 5.41) is 10.3. The second-order valence-corrected chi connectivity index (χ2v) is 2.94. The van der Waals surface area contributed by atoms with E-state index in [0.717, 1.165) is 5.69 Å². The minimum Gasteiger partial charge on any atom is -0.332 e. The number of aromatic nitrogens is 3. The molecule has 1 aromatic heterocycles. The van der Waals surface area contributed by atoms with Crippen molar-refractivity contribution in [2.24, 2.45) is 7.05 Å². The molecule has 13 heavy (non-hydrogen) atoms. The fraction of sp³-hybridized carbons (Fsp3) is 0.571. The summed E-state index contributed by atoms with van der Waals surface area (Å²) < 4.78 is 1.59. The van der Waals surface area contributed by atoms with Crippen molar-refractivity contribution < 1.29 is 4.79 Å². The molecular weight excluding hydrogens is 170 g/mol. The van der Waals surface area contributed by atoms with Gasteiger partial charge in [-0.2, -0.15) is 0 Å². The zero-order valence-electron chi connectivity index (χ0n) is 7.98. The molecule has 1 aromatic rings. The third kappa shape index (κ3) is 2.73. The van der Waals surface area contributed by atoms with Crippen LogP contribution in [0.4, 0.5) is 4.79 Å². The van der Waals surface area contributed by atoms with Crippen molar-refractivity contribution >= 4 is 6.03 Å². The minimum atomic E-state index is -0.134. The van der Waals surface area contributed by atoms with E-state index in [2.05, 4.69) is 15.6 Å². The average Bonchev–Trinajstić information content (AvgIpc) is 2.47. The molecule has 1 heterocycles. The van der Waals surface area contributed by atoms with Gasteiger partial charge in [0.05, 0.1) is 6.54 Å². The van der Waals surface area contributed by atoms with Crippen molar-refractivity contribution in [1.82, 2.24) is 25.2 Å². The molecule has 0 spiro atoms. The molecule has 0 aliphatic heterocycles. The predicted octanol–water partition coefficient (Wildman–Crippen LogP) is -0.414. The van der Waals surface area contributed by atoms with Gasteiger partial charge in [-0.25, -0.2) is 4.79 Å². The molecule has 0 saturated heterocycles. The fourth-order valence-electron chi connectivity index (χ4n) is 0.801. The molecule has 0 radical (unpaired) electrons. The standard InChI is InChI=1S/C7H13N5O/c1-11(2)7(13)8-4-6-5-12(3)10-9-6/h5H,4H2,1-3H3,(H,8,13). The Kier molecular flexibility index (Phi) is 2.84. The Hall–Kier alpha value is -1.59. The summed E-state index contributed by atoms with van der Waals surface area (Å²) in [6.45, 7) is 0.408. The Morgan fingerprint density at radius 2 is 2.38 bits per heavy atom. The molecule has 1 N–H and O–H groups in total. The number of rotatable bonds is 2. The van der Waals surface area contributed by atoms with Gasteiger partial charge in [-0.05, 0) is 0 Å². The van der Waals surface area contributed by atoms with Crippen LogP contribution in [0.5, 0.6) is 0 Å². The highest BCUT2D eigenvalue weighted by Gasteiger charge is 2.03. The van der Waals surface area contributed by atoms with Crippen molar-refractivity contribution in [2.45, 2.75) is 6.54 Å². The van der Waals surface area contributed by atoms with Gasteiger partial charge in [-0.3, -0.25) is 4.68 Å². The van der Waals surface area contributed by atoms with E-state index in [0.29, 0.717) is 6.54 Å². The highest BCUT2D eigenvalue weighted by Crippen LogP contribution is 1.90. The first kappa shape index (κ1) is 9.50. The lowest BCUT2D eigenvalue weighted by Gasteiger charge is -2.10. The summed E-state index contributed by atoms with van der Waals surface area (Å²) in [5.41, 5.74) is 0.748. The fourth-order valence-corrected chi connectivity index (χ4v) is 0.801. The van der Waals surface area contributed by atoms with Crippen molar-refractivity contribution in [3.8, 4) is 0 Å². The monoisotopic (exact) mass is 183 g/mol. The summed E-state index contributed by atoms with van der Waals surface area (Å²) in [7, 11) is 5.16. The Balaban J connectivity index is 2.39. The number of nitrogens with zero attached hydrogens (tertiary/aromatic N) is 4. The van der Waals surface area contributed by atoms with E-state index in [9.17, 15) is 4.79 Å². The SMILES string of the molecule is CN(C)C(=O)NCc1cn(C)nn1. The van der Waals surface area contributed by atoms with E-state index >= 15 is 0 Å². The average molecular weight is 183 g/mol. The predicted molar refractivity (Wildman–Crippen MR) is 46.9 cm³/mol. The summed E-state index contributed by atoms with van der Waals surface area (Å²) in [5.74, 6) is 0. The van der Waals surface area contributed by atoms with Gasteiger partial charge in [0.1, 0.15) is 5.69 Å². The lowest BCUT2D eigenvalue weighted by Crippen LogP contribution is -2.34. The number of carbonyl (C=O) groups excluding carboxylic acids is 1. The lowest BCUT2D eigenvalue weighted by atomic mass is 10.5. The van der Waals surface area contributed by atoms with Crippen LogP contribution >= 0.6 is 0 Å². The largest absolute Gasteiger partial charge is 0.332 e. The maximum absolute atomic E-state index is 11.1. The van der Waals surface area contributed by atoms with E-state index in [4.69, 9.17) is 0 Å². The van der Waals surface area contributed by atoms with Crippen LogP contribution in [-0.2, 0) is 13.6 Å². The molecule has 0 unspecified atom stereocenters. The topological polar surface area (TPSA) is 63.1 Å². The number of carbonyl (C=O) groups is 1. The van der Waals surface area contributed by atoms with Gasteiger partial charge in [0.2, 0.25) is 0 Å². The highest BCUT2D eigenvalue weighted by atomic mass is 16.2. The van der Waals surface area contributed by atoms with Crippen LogP contribution in [0.1, 0.15) is 5.69 Å². The van der Waals surface area contributed by atoms with Crippen LogP contribution in [0.25, 0.3) is 0 Å². The van der Waals surface area contributed by atoms with Crippen molar-refractivity contribution in [3.63, 3.8) is 0 Å². The summed E-state index contributed by atoms with van der Waals surface area (Å²) in [4.78, 5) is 12.6. The summed E-state index contributed by atoms with van der Waals surface area (Å²) in [6, 6.07) is -0.134. The number of nitrogens with one attached hydrogen (secondary N) is 1. The molecule has 1 rings (SSSR count). The van der Waals surface area contributed by atoms with Crippen LogP contribution in [0.15, 0.2) is 6.20 Å². The number of aryl methyl sites for hydroxylation is 1. The van der Waals surface area contributed by atoms with Crippen LogP contribution in [0, 0.1) is 0 Å². The first-order chi connectivity index (χ1) is 6.09. The first-order valence-electron chi connectivity index (χ1n) is 3.90. The smallest absolute Gasteiger partial charge is 0.317 e. The number of urea groups is 1. The molecule has 0 aromatic carbocycles. The van der Waals surface area contributed by atoms with E-state index in [-0.39, 0.29) is 6.03 Å². The van der Waals surface area contributed by atoms with Gasteiger partial charge >= 0.3 is 6.03 Å². The Bertz CT molecular complexity index is 293. The summed E-state index contributed by atoms with van der Waals surface area (Å²) >= 11 is 0. The van der Waals surface area contributed by atoms with E-state index in [1.54, 1.807) is 32.0 Å². The van der Waals surface area contributed by atoms with Crippen LogP contribution in [-0.4, -0.2) is 40.0 Å². The highest BCUT2D eigenvalue weighted by molar-refractivity contribution is 5.73. The number of hydrogen-bond acceptors (Lipinski definition) is 3. The van der Waals surface area contributed by atoms with Crippen molar-refractivity contribution in [1.29, 1.82) is 0 Å². The van der Waals surface area contributed by atoms with Crippen LogP contribution in [0.2, 0.25) is 0 Å². The molecule has 0 bridgehead atoms. The normalized spacial score (nSPS) is 9.77. The third-order valence-electron chi connectivity index (χ3n) is 1.48. The zero-order chi connectivity index (χ0) is 9.84. The summed E-state index contributed by atoms with van der Waals surface area (Å²) in [6.07, 6.45) is 1.76. The second kappa shape index (κ2) is 3.88. The molecule has 0 fully saturated rings.